The molecule has 1 aromatic rings. The van der Waals surface area contributed by atoms with E-state index in [1.807, 2.05) is 37.4 Å². The molecule has 1 atom stereocenters. The summed E-state index contributed by atoms with van der Waals surface area (Å²) in [5.41, 5.74) is 6.51. The molecule has 0 radical (unpaired) electrons. The van der Waals surface area contributed by atoms with Gasteiger partial charge in [-0.25, -0.2) is 0 Å². The van der Waals surface area contributed by atoms with Gasteiger partial charge >= 0.3 is 0 Å². The van der Waals surface area contributed by atoms with E-state index in [1.165, 1.54) is 4.90 Å². The summed E-state index contributed by atoms with van der Waals surface area (Å²) >= 11 is 1.68. The van der Waals surface area contributed by atoms with Crippen LogP contribution < -0.4 is 10.6 Å². The largest absolute Gasteiger partial charge is 0.327 e. The number of hydrogen-bond acceptors (Lipinski definition) is 3. The molecule has 0 aliphatic carbocycles. The Hall–Kier alpha value is -1.00. The normalized spacial score (nSPS) is 12.2. The van der Waals surface area contributed by atoms with Crippen molar-refractivity contribution in [3.63, 3.8) is 0 Å². The molecule has 3 nitrogen and oxygen atoms in total. The first-order valence-electron chi connectivity index (χ1n) is 5.20. The Labute approximate surface area is 101 Å². The number of rotatable bonds is 4. The summed E-state index contributed by atoms with van der Waals surface area (Å²) in [4.78, 5) is 14.6. The molecule has 0 aliphatic heterocycles. The van der Waals surface area contributed by atoms with Crippen LogP contribution in [0.2, 0.25) is 0 Å². The Morgan fingerprint density at radius 3 is 2.44 bits per heavy atom. The molecule has 1 amide bonds. The van der Waals surface area contributed by atoms with Gasteiger partial charge in [-0.1, -0.05) is 0 Å². The fourth-order valence-electron chi connectivity index (χ4n) is 1.36. The summed E-state index contributed by atoms with van der Waals surface area (Å²) < 4.78 is 0. The van der Waals surface area contributed by atoms with Crippen molar-refractivity contribution < 1.29 is 4.79 Å². The second kappa shape index (κ2) is 5.92. The SMILES string of the molecule is CSc1ccc(N(C)C(=O)CC(C)N)cc1. The smallest absolute Gasteiger partial charge is 0.228 e. The summed E-state index contributed by atoms with van der Waals surface area (Å²) in [5.74, 6) is 0.0481. The number of thioether (sulfide) groups is 1. The first-order valence-corrected chi connectivity index (χ1v) is 6.43. The van der Waals surface area contributed by atoms with Gasteiger partial charge in [0.2, 0.25) is 5.91 Å². The van der Waals surface area contributed by atoms with Crippen LogP contribution in [0.15, 0.2) is 29.2 Å². The Balaban J connectivity index is 2.72. The molecule has 0 spiro atoms. The highest BCUT2D eigenvalue weighted by Crippen LogP contribution is 2.20. The van der Waals surface area contributed by atoms with Crippen molar-refractivity contribution in [2.24, 2.45) is 5.73 Å². The van der Waals surface area contributed by atoms with Crippen molar-refractivity contribution >= 4 is 23.4 Å². The zero-order valence-corrected chi connectivity index (χ0v) is 10.8. The van der Waals surface area contributed by atoms with Crippen LogP contribution in [0, 0.1) is 0 Å². The van der Waals surface area contributed by atoms with E-state index < -0.39 is 0 Å². The minimum absolute atomic E-state index is 0.0481. The van der Waals surface area contributed by atoms with Crippen LogP contribution in [-0.4, -0.2) is 25.3 Å². The molecule has 0 saturated heterocycles. The molecular weight excluding hydrogens is 220 g/mol. The van der Waals surface area contributed by atoms with Gasteiger partial charge in [0.1, 0.15) is 0 Å². The van der Waals surface area contributed by atoms with Crippen molar-refractivity contribution in [2.45, 2.75) is 24.3 Å². The molecule has 2 N–H and O–H groups in total. The van der Waals surface area contributed by atoms with Crippen LogP contribution >= 0.6 is 11.8 Å². The molecule has 0 saturated carbocycles. The number of anilines is 1. The summed E-state index contributed by atoms with van der Waals surface area (Å²) in [6, 6.07) is 7.82. The molecule has 0 aliphatic rings. The van der Waals surface area contributed by atoms with E-state index in [2.05, 4.69) is 0 Å². The molecule has 0 fully saturated rings. The molecule has 88 valence electrons. The van der Waals surface area contributed by atoms with Crippen molar-refractivity contribution in [2.75, 3.05) is 18.2 Å². The molecular formula is C12H18N2OS. The number of amides is 1. The summed E-state index contributed by atoms with van der Waals surface area (Å²) in [6.45, 7) is 1.84. The Morgan fingerprint density at radius 2 is 2.00 bits per heavy atom. The lowest BCUT2D eigenvalue weighted by atomic mass is 10.2. The minimum atomic E-state index is -0.0968. The summed E-state index contributed by atoms with van der Waals surface area (Å²) in [5, 5.41) is 0. The predicted molar refractivity (Wildman–Crippen MR) is 69.9 cm³/mol. The van der Waals surface area contributed by atoms with Gasteiger partial charge in [-0.05, 0) is 37.4 Å². The van der Waals surface area contributed by atoms with Crippen LogP contribution in [0.4, 0.5) is 5.69 Å². The second-order valence-corrected chi connectivity index (χ2v) is 4.71. The van der Waals surface area contributed by atoms with Gasteiger partial charge < -0.3 is 10.6 Å². The number of hydrogen-bond donors (Lipinski definition) is 1. The molecule has 0 aromatic heterocycles. The third kappa shape index (κ3) is 3.54. The van der Waals surface area contributed by atoms with Gasteiger partial charge in [0.15, 0.2) is 0 Å². The maximum Gasteiger partial charge on any atom is 0.228 e. The zero-order valence-electron chi connectivity index (χ0n) is 9.93. The van der Waals surface area contributed by atoms with Crippen molar-refractivity contribution in [1.29, 1.82) is 0 Å². The number of benzene rings is 1. The third-order valence-corrected chi connectivity index (χ3v) is 3.07. The van der Waals surface area contributed by atoms with Crippen molar-refractivity contribution in [3.8, 4) is 0 Å². The highest BCUT2D eigenvalue weighted by molar-refractivity contribution is 7.98. The van der Waals surface area contributed by atoms with Gasteiger partial charge in [0.05, 0.1) is 0 Å². The summed E-state index contributed by atoms with van der Waals surface area (Å²) in [6.07, 6.45) is 2.40. The maximum absolute atomic E-state index is 11.7. The van der Waals surface area contributed by atoms with Crippen molar-refractivity contribution in [1.82, 2.24) is 0 Å². The number of nitrogens with two attached hydrogens (primary N) is 1. The van der Waals surface area contributed by atoms with E-state index in [0.29, 0.717) is 6.42 Å². The fourth-order valence-corrected chi connectivity index (χ4v) is 1.77. The Morgan fingerprint density at radius 1 is 1.44 bits per heavy atom. The first-order chi connectivity index (χ1) is 7.54. The zero-order chi connectivity index (χ0) is 12.1. The Kier molecular flexibility index (Phi) is 4.83. The average molecular weight is 238 g/mol. The first kappa shape index (κ1) is 13.1. The van der Waals surface area contributed by atoms with Gasteiger partial charge in [-0.15, -0.1) is 11.8 Å². The molecule has 1 unspecified atom stereocenters. The number of carbonyl (C=O) groups excluding carboxylic acids is 1. The van der Waals surface area contributed by atoms with E-state index in [1.54, 1.807) is 23.7 Å². The van der Waals surface area contributed by atoms with Gasteiger partial charge in [-0.2, -0.15) is 0 Å². The molecule has 1 aromatic carbocycles. The van der Waals surface area contributed by atoms with Crippen LogP contribution in [0.3, 0.4) is 0 Å². The van der Waals surface area contributed by atoms with E-state index in [0.717, 1.165) is 5.69 Å². The van der Waals surface area contributed by atoms with Crippen LogP contribution in [0.1, 0.15) is 13.3 Å². The molecule has 4 heteroatoms. The van der Waals surface area contributed by atoms with E-state index in [4.69, 9.17) is 5.73 Å². The average Bonchev–Trinajstić information content (AvgIpc) is 2.27. The van der Waals surface area contributed by atoms with E-state index in [-0.39, 0.29) is 11.9 Å². The lowest BCUT2D eigenvalue weighted by Gasteiger charge is -2.18. The maximum atomic E-state index is 11.7. The van der Waals surface area contributed by atoms with Gasteiger partial charge in [-0.3, -0.25) is 4.79 Å². The van der Waals surface area contributed by atoms with Crippen LogP contribution in [0.25, 0.3) is 0 Å². The highest BCUT2D eigenvalue weighted by atomic mass is 32.2. The quantitative estimate of drug-likeness (QED) is 0.817. The predicted octanol–water partition coefficient (Wildman–Crippen LogP) is 2.11. The van der Waals surface area contributed by atoms with Crippen LogP contribution in [-0.2, 0) is 4.79 Å². The van der Waals surface area contributed by atoms with Gasteiger partial charge in [0.25, 0.3) is 0 Å². The minimum Gasteiger partial charge on any atom is -0.327 e. The molecule has 0 heterocycles. The molecule has 1 rings (SSSR count). The highest BCUT2D eigenvalue weighted by Gasteiger charge is 2.12. The third-order valence-electron chi connectivity index (χ3n) is 2.33. The monoisotopic (exact) mass is 238 g/mol. The fraction of sp³-hybridized carbons (Fsp3) is 0.417. The summed E-state index contributed by atoms with van der Waals surface area (Å²) in [7, 11) is 1.78. The lowest BCUT2D eigenvalue weighted by Crippen LogP contribution is -2.31. The van der Waals surface area contributed by atoms with Crippen LogP contribution in [0.5, 0.6) is 0 Å². The second-order valence-electron chi connectivity index (χ2n) is 3.83. The topological polar surface area (TPSA) is 46.3 Å². The Bertz CT molecular complexity index is 349. The van der Waals surface area contributed by atoms with Crippen molar-refractivity contribution in [3.05, 3.63) is 24.3 Å². The van der Waals surface area contributed by atoms with E-state index in [9.17, 15) is 4.79 Å². The lowest BCUT2D eigenvalue weighted by molar-refractivity contribution is -0.118. The molecule has 16 heavy (non-hydrogen) atoms. The number of carbonyl (C=O) groups is 1. The standard InChI is InChI=1S/C12H18N2OS/c1-9(13)8-12(15)14(2)10-4-6-11(16-3)7-5-10/h4-7,9H,8,13H2,1-3H3. The van der Waals surface area contributed by atoms with E-state index >= 15 is 0 Å². The van der Waals surface area contributed by atoms with Gasteiger partial charge in [0, 0.05) is 30.1 Å². The molecule has 0 bridgehead atoms. The number of nitrogens with zero attached hydrogens (tertiary/aromatic N) is 1.